The summed E-state index contributed by atoms with van der Waals surface area (Å²) >= 11 is 1.56. The number of anilines is 1. The fraction of sp³-hybridized carbons (Fsp3) is 0.280. The summed E-state index contributed by atoms with van der Waals surface area (Å²) in [5, 5.41) is 5.08. The maximum absolute atomic E-state index is 13.8. The number of carbonyl (C=O) groups excluding carboxylic acids is 2. The number of ether oxygens (including phenoxy) is 2. The van der Waals surface area contributed by atoms with E-state index < -0.39 is 12.0 Å². The average molecular weight is 449 g/mol. The van der Waals surface area contributed by atoms with E-state index in [9.17, 15) is 9.59 Å². The van der Waals surface area contributed by atoms with E-state index >= 15 is 0 Å². The van der Waals surface area contributed by atoms with E-state index in [1.807, 2.05) is 53.9 Å². The quantitative estimate of drug-likeness (QED) is 0.609. The van der Waals surface area contributed by atoms with Crippen molar-refractivity contribution in [2.24, 2.45) is 0 Å². The van der Waals surface area contributed by atoms with Crippen LogP contribution < -0.4 is 5.32 Å². The first-order chi connectivity index (χ1) is 15.7. The number of methoxy groups -OCH3 is 1. The molecule has 6 nitrogen and oxygen atoms in total. The molecule has 0 bridgehead atoms. The molecule has 0 fully saturated rings. The standard InChI is InChI=1S/C25H24N2O4S/c1-30-11-10-27-23(21-7-4-12-32-21)22(19-5-2-3-6-20(19)25(27)29)24(28)26-18-9-8-16-14-31-15-17(16)13-18/h2-9,12-13,22-23H,10-11,14-15H2,1H3,(H,26,28). The number of amides is 2. The van der Waals surface area contributed by atoms with Gasteiger partial charge in [-0.1, -0.05) is 30.3 Å². The van der Waals surface area contributed by atoms with Gasteiger partial charge in [-0.25, -0.2) is 0 Å². The number of nitrogens with one attached hydrogen (secondary N) is 1. The molecule has 0 spiro atoms. The summed E-state index contributed by atoms with van der Waals surface area (Å²) in [7, 11) is 1.62. The van der Waals surface area contributed by atoms with E-state index in [1.165, 1.54) is 0 Å². The van der Waals surface area contributed by atoms with Crippen LogP contribution in [0.15, 0.2) is 60.0 Å². The Kier molecular flexibility index (Phi) is 5.78. The second-order valence-electron chi connectivity index (χ2n) is 7.98. The Morgan fingerprint density at radius 3 is 2.81 bits per heavy atom. The number of hydrogen-bond acceptors (Lipinski definition) is 5. The van der Waals surface area contributed by atoms with Crippen LogP contribution in [0.25, 0.3) is 0 Å². The minimum Gasteiger partial charge on any atom is -0.383 e. The van der Waals surface area contributed by atoms with Gasteiger partial charge >= 0.3 is 0 Å². The van der Waals surface area contributed by atoms with Crippen LogP contribution >= 0.6 is 11.3 Å². The lowest BCUT2D eigenvalue weighted by Gasteiger charge is -2.41. The summed E-state index contributed by atoms with van der Waals surface area (Å²) in [5.41, 5.74) is 4.31. The zero-order valence-corrected chi connectivity index (χ0v) is 18.6. The molecule has 2 aromatic carbocycles. The molecule has 3 heterocycles. The van der Waals surface area contributed by atoms with Crippen molar-refractivity contribution in [1.29, 1.82) is 0 Å². The normalized spacial score (nSPS) is 19.5. The van der Waals surface area contributed by atoms with Gasteiger partial charge in [-0.2, -0.15) is 0 Å². The summed E-state index contributed by atoms with van der Waals surface area (Å²) in [6.45, 7) is 1.97. The first kappa shape index (κ1) is 20.9. The van der Waals surface area contributed by atoms with Gasteiger partial charge in [0.15, 0.2) is 0 Å². The molecule has 2 amide bonds. The predicted molar refractivity (Wildman–Crippen MR) is 123 cm³/mol. The first-order valence-corrected chi connectivity index (χ1v) is 11.5. The average Bonchev–Trinajstić information content (AvgIpc) is 3.50. The van der Waals surface area contributed by atoms with Crippen LogP contribution in [0.1, 0.15) is 43.9 Å². The number of nitrogens with zero attached hydrogens (tertiary/aromatic N) is 1. The second kappa shape index (κ2) is 8.86. The Bertz CT molecular complexity index is 1140. The van der Waals surface area contributed by atoms with Crippen LogP contribution in [-0.2, 0) is 27.5 Å². The lowest BCUT2D eigenvalue weighted by molar-refractivity contribution is -0.119. The van der Waals surface area contributed by atoms with E-state index in [2.05, 4.69) is 5.32 Å². The smallest absolute Gasteiger partial charge is 0.254 e. The largest absolute Gasteiger partial charge is 0.383 e. The molecule has 0 saturated carbocycles. The Labute approximate surface area is 190 Å². The Hall–Kier alpha value is -3.00. The highest BCUT2D eigenvalue weighted by Gasteiger charge is 2.44. The highest BCUT2D eigenvalue weighted by atomic mass is 32.1. The van der Waals surface area contributed by atoms with Crippen molar-refractivity contribution >= 4 is 28.8 Å². The van der Waals surface area contributed by atoms with Crippen LogP contribution in [0, 0.1) is 0 Å². The molecule has 2 aliphatic rings. The number of fused-ring (bicyclic) bond motifs is 2. The van der Waals surface area contributed by atoms with Crippen LogP contribution in [0.4, 0.5) is 5.69 Å². The van der Waals surface area contributed by atoms with Gasteiger partial charge in [0.1, 0.15) is 0 Å². The third-order valence-electron chi connectivity index (χ3n) is 6.08. The predicted octanol–water partition coefficient (Wildman–Crippen LogP) is 4.34. The Morgan fingerprint density at radius 1 is 1.16 bits per heavy atom. The van der Waals surface area contributed by atoms with E-state index in [1.54, 1.807) is 29.4 Å². The van der Waals surface area contributed by atoms with Crippen LogP contribution in [-0.4, -0.2) is 37.0 Å². The van der Waals surface area contributed by atoms with Gasteiger partial charge in [-0.15, -0.1) is 11.3 Å². The topological polar surface area (TPSA) is 67.9 Å². The van der Waals surface area contributed by atoms with Gasteiger partial charge < -0.3 is 19.7 Å². The maximum Gasteiger partial charge on any atom is 0.254 e. The summed E-state index contributed by atoms with van der Waals surface area (Å²) < 4.78 is 10.8. The van der Waals surface area contributed by atoms with Crippen molar-refractivity contribution in [2.75, 3.05) is 25.6 Å². The lowest BCUT2D eigenvalue weighted by atomic mass is 9.81. The zero-order valence-electron chi connectivity index (χ0n) is 17.7. The molecular weight excluding hydrogens is 424 g/mol. The molecular formula is C25H24N2O4S. The van der Waals surface area contributed by atoms with Gasteiger partial charge in [0.05, 0.1) is 31.8 Å². The molecule has 2 atom stereocenters. The molecule has 3 aromatic rings. The number of rotatable bonds is 6. The molecule has 2 aliphatic heterocycles. The molecule has 2 unspecified atom stereocenters. The number of hydrogen-bond donors (Lipinski definition) is 1. The third kappa shape index (κ3) is 3.72. The van der Waals surface area contributed by atoms with E-state index in [4.69, 9.17) is 9.47 Å². The van der Waals surface area contributed by atoms with Gasteiger partial charge in [-0.05, 0) is 46.3 Å². The van der Waals surface area contributed by atoms with Gasteiger partial charge in [0.25, 0.3) is 5.91 Å². The molecule has 1 N–H and O–H groups in total. The van der Waals surface area contributed by atoms with Crippen molar-refractivity contribution in [2.45, 2.75) is 25.2 Å². The van der Waals surface area contributed by atoms with E-state index in [0.717, 1.165) is 27.3 Å². The van der Waals surface area contributed by atoms with Gasteiger partial charge in [0, 0.05) is 29.8 Å². The van der Waals surface area contributed by atoms with Gasteiger partial charge in [0.2, 0.25) is 5.91 Å². The molecule has 7 heteroatoms. The maximum atomic E-state index is 13.8. The number of benzene rings is 2. The van der Waals surface area contributed by atoms with E-state index in [0.29, 0.717) is 31.9 Å². The fourth-order valence-electron chi connectivity index (χ4n) is 4.56. The molecule has 1 aromatic heterocycles. The molecule has 32 heavy (non-hydrogen) atoms. The number of thiophene rings is 1. The summed E-state index contributed by atoms with van der Waals surface area (Å²) in [6, 6.07) is 16.8. The molecule has 0 radical (unpaired) electrons. The molecule has 0 saturated heterocycles. The summed E-state index contributed by atoms with van der Waals surface area (Å²) in [4.78, 5) is 29.9. The third-order valence-corrected chi connectivity index (χ3v) is 7.02. The Morgan fingerprint density at radius 2 is 2.00 bits per heavy atom. The lowest BCUT2D eigenvalue weighted by Crippen LogP contribution is -2.47. The number of carbonyl (C=O) groups is 2. The molecule has 5 rings (SSSR count). The van der Waals surface area contributed by atoms with Crippen LogP contribution in [0.5, 0.6) is 0 Å². The molecule has 164 valence electrons. The van der Waals surface area contributed by atoms with E-state index in [-0.39, 0.29) is 11.8 Å². The molecule has 0 aliphatic carbocycles. The SMILES string of the molecule is COCCN1C(=O)c2ccccc2C(C(=O)Nc2ccc3c(c2)COC3)C1c1cccs1. The summed E-state index contributed by atoms with van der Waals surface area (Å²) in [6.07, 6.45) is 0. The van der Waals surface area contributed by atoms with Crippen molar-refractivity contribution in [3.63, 3.8) is 0 Å². The summed E-state index contributed by atoms with van der Waals surface area (Å²) in [5.74, 6) is -0.747. The van der Waals surface area contributed by atoms with Crippen molar-refractivity contribution in [3.05, 3.63) is 87.1 Å². The highest BCUT2D eigenvalue weighted by molar-refractivity contribution is 7.10. The van der Waals surface area contributed by atoms with Crippen molar-refractivity contribution in [1.82, 2.24) is 4.90 Å². The van der Waals surface area contributed by atoms with Crippen LogP contribution in [0.3, 0.4) is 0 Å². The van der Waals surface area contributed by atoms with Crippen molar-refractivity contribution in [3.8, 4) is 0 Å². The van der Waals surface area contributed by atoms with Gasteiger partial charge in [-0.3, -0.25) is 9.59 Å². The highest BCUT2D eigenvalue weighted by Crippen LogP contribution is 2.44. The Balaban J connectivity index is 1.55. The zero-order chi connectivity index (χ0) is 22.1. The van der Waals surface area contributed by atoms with Crippen molar-refractivity contribution < 1.29 is 19.1 Å². The first-order valence-electron chi connectivity index (χ1n) is 10.6. The van der Waals surface area contributed by atoms with Crippen LogP contribution in [0.2, 0.25) is 0 Å². The monoisotopic (exact) mass is 448 g/mol. The second-order valence-corrected chi connectivity index (χ2v) is 8.96. The minimum atomic E-state index is -0.538. The fourth-order valence-corrected chi connectivity index (χ4v) is 5.43. The minimum absolute atomic E-state index is 0.0743.